The molecule has 4 heteroatoms. The molecule has 0 saturated carbocycles. The normalized spacial score (nSPS) is 22.8. The summed E-state index contributed by atoms with van der Waals surface area (Å²) in [4.78, 5) is 7.26. The van der Waals surface area contributed by atoms with Crippen LogP contribution in [0.4, 0.5) is 11.4 Å². The Balaban J connectivity index is 1.62. The van der Waals surface area contributed by atoms with Crippen LogP contribution in [-0.2, 0) is 0 Å². The molecule has 3 nitrogen and oxygen atoms in total. The molecule has 2 aliphatic heterocycles. The van der Waals surface area contributed by atoms with E-state index >= 15 is 0 Å². The van der Waals surface area contributed by atoms with Crippen molar-refractivity contribution in [3.05, 3.63) is 24.3 Å². The highest BCUT2D eigenvalue weighted by molar-refractivity contribution is 8.14. The average molecular weight is 303 g/mol. The van der Waals surface area contributed by atoms with Gasteiger partial charge in [0, 0.05) is 30.2 Å². The Labute approximate surface area is 132 Å². The van der Waals surface area contributed by atoms with E-state index in [1.807, 2.05) is 11.8 Å². The van der Waals surface area contributed by atoms with E-state index in [4.69, 9.17) is 4.99 Å². The molecule has 2 aliphatic rings. The summed E-state index contributed by atoms with van der Waals surface area (Å²) in [7, 11) is 0. The largest absolute Gasteiger partial charge is 0.372 e. The van der Waals surface area contributed by atoms with E-state index in [9.17, 15) is 0 Å². The van der Waals surface area contributed by atoms with Gasteiger partial charge in [-0.2, -0.15) is 0 Å². The minimum Gasteiger partial charge on any atom is -0.372 e. The Morgan fingerprint density at radius 1 is 1.19 bits per heavy atom. The van der Waals surface area contributed by atoms with Crippen LogP contribution in [0.3, 0.4) is 0 Å². The van der Waals surface area contributed by atoms with Gasteiger partial charge >= 0.3 is 0 Å². The van der Waals surface area contributed by atoms with Gasteiger partial charge in [-0.25, -0.2) is 0 Å². The summed E-state index contributed by atoms with van der Waals surface area (Å²) in [6.45, 7) is 4.62. The van der Waals surface area contributed by atoms with Crippen molar-refractivity contribution < 1.29 is 0 Å². The van der Waals surface area contributed by atoms with Crippen LogP contribution < -0.4 is 10.2 Å². The number of anilines is 2. The first-order valence-corrected chi connectivity index (χ1v) is 9.16. The molecule has 0 aliphatic carbocycles. The maximum atomic E-state index is 4.77. The van der Waals surface area contributed by atoms with Crippen molar-refractivity contribution in [1.29, 1.82) is 0 Å². The van der Waals surface area contributed by atoms with Crippen LogP contribution in [-0.4, -0.2) is 30.1 Å². The van der Waals surface area contributed by atoms with Crippen molar-refractivity contribution in [2.45, 2.75) is 45.1 Å². The van der Waals surface area contributed by atoms with E-state index in [0.29, 0.717) is 6.04 Å². The Hall–Kier alpha value is -1.16. The number of nitrogens with one attached hydrogen (secondary N) is 1. The topological polar surface area (TPSA) is 27.6 Å². The number of rotatable bonds is 3. The van der Waals surface area contributed by atoms with E-state index in [0.717, 1.165) is 17.3 Å². The van der Waals surface area contributed by atoms with Crippen LogP contribution in [0.2, 0.25) is 0 Å². The van der Waals surface area contributed by atoms with Crippen molar-refractivity contribution >= 4 is 28.3 Å². The van der Waals surface area contributed by atoms with Crippen molar-refractivity contribution in [2.24, 2.45) is 4.99 Å². The molecule has 1 aromatic rings. The lowest BCUT2D eigenvalue weighted by Crippen LogP contribution is -2.29. The maximum Gasteiger partial charge on any atom is 0.161 e. The van der Waals surface area contributed by atoms with Crippen LogP contribution in [0, 0.1) is 0 Å². The fraction of sp³-hybridized carbons (Fsp3) is 0.588. The molecule has 0 aromatic heterocycles. The number of piperidine rings is 1. The van der Waals surface area contributed by atoms with Gasteiger partial charge in [0.15, 0.2) is 5.17 Å². The lowest BCUT2D eigenvalue weighted by atomic mass is 10.1. The van der Waals surface area contributed by atoms with Gasteiger partial charge in [0.25, 0.3) is 0 Å². The van der Waals surface area contributed by atoms with Crippen molar-refractivity contribution in [3.8, 4) is 0 Å². The molecule has 1 atom stereocenters. The highest BCUT2D eigenvalue weighted by atomic mass is 32.2. The maximum absolute atomic E-state index is 4.77. The highest BCUT2D eigenvalue weighted by Crippen LogP contribution is 2.24. The van der Waals surface area contributed by atoms with Crippen LogP contribution in [0.25, 0.3) is 0 Å². The quantitative estimate of drug-likeness (QED) is 0.899. The fourth-order valence-electron chi connectivity index (χ4n) is 2.95. The minimum absolute atomic E-state index is 0.501. The molecule has 0 bridgehead atoms. The number of thioether (sulfide) groups is 1. The van der Waals surface area contributed by atoms with E-state index in [-0.39, 0.29) is 0 Å². The second kappa shape index (κ2) is 7.21. The lowest BCUT2D eigenvalue weighted by molar-refractivity contribution is 0.578. The van der Waals surface area contributed by atoms with E-state index in [1.54, 1.807) is 0 Å². The predicted molar refractivity (Wildman–Crippen MR) is 94.7 cm³/mol. The van der Waals surface area contributed by atoms with E-state index in [2.05, 4.69) is 41.4 Å². The van der Waals surface area contributed by atoms with Gasteiger partial charge in [-0.1, -0.05) is 18.7 Å². The van der Waals surface area contributed by atoms with Gasteiger partial charge in [-0.3, -0.25) is 4.99 Å². The second-order valence-corrected chi connectivity index (χ2v) is 6.94. The first-order valence-electron chi connectivity index (χ1n) is 8.18. The molecular weight excluding hydrogens is 278 g/mol. The van der Waals surface area contributed by atoms with E-state index in [1.165, 1.54) is 50.2 Å². The van der Waals surface area contributed by atoms with Crippen molar-refractivity contribution in [1.82, 2.24) is 0 Å². The monoisotopic (exact) mass is 303 g/mol. The summed E-state index contributed by atoms with van der Waals surface area (Å²) in [5, 5.41) is 4.55. The van der Waals surface area contributed by atoms with Crippen LogP contribution in [0.5, 0.6) is 0 Å². The number of hydrogen-bond acceptors (Lipinski definition) is 4. The number of benzene rings is 1. The third-order valence-corrected chi connectivity index (χ3v) is 5.22. The first-order chi connectivity index (χ1) is 10.3. The Bertz CT molecular complexity index is 477. The van der Waals surface area contributed by atoms with E-state index < -0.39 is 0 Å². The zero-order valence-corrected chi connectivity index (χ0v) is 13.7. The van der Waals surface area contributed by atoms with Crippen molar-refractivity contribution in [3.63, 3.8) is 0 Å². The summed E-state index contributed by atoms with van der Waals surface area (Å²) in [6.07, 6.45) is 6.38. The second-order valence-electron chi connectivity index (χ2n) is 5.85. The van der Waals surface area contributed by atoms with Crippen molar-refractivity contribution in [2.75, 3.05) is 29.1 Å². The first kappa shape index (κ1) is 14.8. The molecule has 0 spiro atoms. The van der Waals surface area contributed by atoms with Gasteiger partial charge < -0.3 is 10.2 Å². The molecule has 1 unspecified atom stereocenters. The fourth-order valence-corrected chi connectivity index (χ4v) is 3.95. The van der Waals surface area contributed by atoms with Crippen LogP contribution in [0.15, 0.2) is 29.3 Å². The standard InChI is InChI=1S/C17H25N3S/c1-2-14-10-13-21-17(18-14)19-15-6-8-16(9-7-15)20-11-4-3-5-12-20/h6-9,14H,2-5,10-13H2,1H3,(H,18,19). The summed E-state index contributed by atoms with van der Waals surface area (Å²) >= 11 is 1.84. The number of hydrogen-bond donors (Lipinski definition) is 1. The highest BCUT2D eigenvalue weighted by Gasteiger charge is 2.14. The number of amidine groups is 1. The summed E-state index contributed by atoms with van der Waals surface area (Å²) in [6, 6.07) is 9.34. The number of nitrogens with zero attached hydrogens (tertiary/aromatic N) is 2. The third kappa shape index (κ3) is 3.94. The molecule has 1 aromatic carbocycles. The van der Waals surface area contributed by atoms with Crippen LogP contribution in [0.1, 0.15) is 39.0 Å². The zero-order chi connectivity index (χ0) is 14.5. The SMILES string of the molecule is CCC1CCSC(Nc2ccc(N3CCCCC3)cc2)=N1. The van der Waals surface area contributed by atoms with Gasteiger partial charge in [-0.05, 0) is 56.4 Å². The average Bonchev–Trinajstić information content (AvgIpc) is 2.56. The number of aliphatic imine (C=N–C) groups is 1. The molecule has 0 amide bonds. The van der Waals surface area contributed by atoms with Gasteiger partial charge in [0.05, 0.1) is 6.04 Å². The molecule has 3 rings (SSSR count). The third-order valence-electron chi connectivity index (χ3n) is 4.30. The zero-order valence-electron chi connectivity index (χ0n) is 12.8. The Kier molecular flexibility index (Phi) is 5.07. The molecule has 1 fully saturated rings. The summed E-state index contributed by atoms with van der Waals surface area (Å²) in [5.74, 6) is 1.18. The smallest absolute Gasteiger partial charge is 0.161 e. The van der Waals surface area contributed by atoms with Gasteiger partial charge in [0.2, 0.25) is 0 Å². The van der Waals surface area contributed by atoms with Crippen LogP contribution >= 0.6 is 11.8 Å². The molecule has 1 N–H and O–H groups in total. The molecule has 21 heavy (non-hydrogen) atoms. The summed E-state index contributed by atoms with van der Waals surface area (Å²) in [5.41, 5.74) is 2.50. The minimum atomic E-state index is 0.501. The molecule has 0 radical (unpaired) electrons. The Morgan fingerprint density at radius 3 is 2.67 bits per heavy atom. The van der Waals surface area contributed by atoms with Gasteiger partial charge in [0.1, 0.15) is 0 Å². The molecular formula is C17H25N3S. The predicted octanol–water partition coefficient (Wildman–Crippen LogP) is 4.36. The molecule has 1 saturated heterocycles. The lowest BCUT2D eigenvalue weighted by Gasteiger charge is -2.29. The molecule has 114 valence electrons. The molecule has 2 heterocycles. The summed E-state index contributed by atoms with van der Waals surface area (Å²) < 4.78 is 0. The Morgan fingerprint density at radius 2 is 1.95 bits per heavy atom. The van der Waals surface area contributed by atoms with Gasteiger partial charge in [-0.15, -0.1) is 0 Å².